The first-order chi connectivity index (χ1) is 15.0. The Labute approximate surface area is 184 Å². The van der Waals surface area contributed by atoms with Crippen molar-refractivity contribution in [3.8, 4) is 0 Å². The zero-order chi connectivity index (χ0) is 22.0. The van der Waals surface area contributed by atoms with Crippen molar-refractivity contribution < 1.29 is 18.8 Å². The molecule has 0 aliphatic carbocycles. The fourth-order valence-corrected chi connectivity index (χ4v) is 5.26. The Bertz CT molecular complexity index is 1090. The molecule has 3 aromatic heterocycles. The number of hydrogen-bond donors (Lipinski definition) is 1. The maximum atomic E-state index is 12.9. The second-order valence-electron chi connectivity index (χ2n) is 7.75. The summed E-state index contributed by atoms with van der Waals surface area (Å²) in [5, 5.41) is 7.86. The van der Waals surface area contributed by atoms with E-state index in [1.807, 2.05) is 30.9 Å². The standard InChI is InChI=1S/C22H26N4O4S/c1-13-17(14(2)30-25-13)11-18(27)26-9-6-15(12-26)19-16-5-4-7-24-22(16)31-20(19)21(28)23-8-10-29-3/h4-5,7,15H,6,8-12H2,1-3H3,(H,23,28)/t15-/m1/s1. The Hall–Kier alpha value is -2.78. The van der Waals surface area contributed by atoms with Gasteiger partial charge in [-0.05, 0) is 31.9 Å². The predicted molar refractivity (Wildman–Crippen MR) is 117 cm³/mol. The molecule has 1 fully saturated rings. The van der Waals surface area contributed by atoms with E-state index in [1.54, 1.807) is 13.3 Å². The maximum Gasteiger partial charge on any atom is 0.261 e. The van der Waals surface area contributed by atoms with E-state index >= 15 is 0 Å². The number of fused-ring (bicyclic) bond motifs is 1. The van der Waals surface area contributed by atoms with Gasteiger partial charge in [0.15, 0.2) is 0 Å². The number of carbonyl (C=O) groups excluding carboxylic acids is 2. The summed E-state index contributed by atoms with van der Waals surface area (Å²) >= 11 is 1.41. The second kappa shape index (κ2) is 9.15. The number of nitrogens with zero attached hydrogens (tertiary/aromatic N) is 3. The lowest BCUT2D eigenvalue weighted by Crippen LogP contribution is -2.30. The van der Waals surface area contributed by atoms with Crippen LogP contribution in [0.5, 0.6) is 0 Å². The van der Waals surface area contributed by atoms with Crippen molar-refractivity contribution in [2.75, 3.05) is 33.4 Å². The lowest BCUT2D eigenvalue weighted by molar-refractivity contribution is -0.129. The molecule has 0 spiro atoms. The summed E-state index contributed by atoms with van der Waals surface area (Å²) in [7, 11) is 1.60. The van der Waals surface area contributed by atoms with Crippen molar-refractivity contribution in [2.45, 2.75) is 32.6 Å². The number of likely N-dealkylation sites (tertiary alicyclic amines) is 1. The third kappa shape index (κ3) is 4.33. The van der Waals surface area contributed by atoms with Crippen molar-refractivity contribution in [2.24, 2.45) is 0 Å². The van der Waals surface area contributed by atoms with Crippen LogP contribution < -0.4 is 5.32 Å². The first-order valence-electron chi connectivity index (χ1n) is 10.3. The van der Waals surface area contributed by atoms with E-state index in [1.165, 1.54) is 11.3 Å². The van der Waals surface area contributed by atoms with Gasteiger partial charge in [-0.2, -0.15) is 0 Å². The molecule has 2 amide bonds. The average Bonchev–Trinajstić information content (AvgIpc) is 3.47. The largest absolute Gasteiger partial charge is 0.383 e. The molecule has 0 aromatic carbocycles. The number of ether oxygens (including phenoxy) is 1. The molecule has 31 heavy (non-hydrogen) atoms. The first kappa shape index (κ1) is 21.5. The van der Waals surface area contributed by atoms with Gasteiger partial charge in [0.2, 0.25) is 5.91 Å². The van der Waals surface area contributed by atoms with E-state index < -0.39 is 0 Å². The zero-order valence-corrected chi connectivity index (χ0v) is 18.8. The van der Waals surface area contributed by atoms with Gasteiger partial charge in [-0.1, -0.05) is 11.2 Å². The highest BCUT2D eigenvalue weighted by Crippen LogP contribution is 2.39. The van der Waals surface area contributed by atoms with E-state index in [4.69, 9.17) is 9.26 Å². The summed E-state index contributed by atoms with van der Waals surface area (Å²) in [5.74, 6) is 0.720. The Balaban J connectivity index is 1.55. The number of rotatable bonds is 7. The predicted octanol–water partition coefficient (Wildman–Crippen LogP) is 2.84. The van der Waals surface area contributed by atoms with Gasteiger partial charge in [0.1, 0.15) is 10.6 Å². The van der Waals surface area contributed by atoms with Crippen LogP contribution in [-0.4, -0.2) is 60.2 Å². The summed E-state index contributed by atoms with van der Waals surface area (Å²) in [6.07, 6.45) is 2.83. The van der Waals surface area contributed by atoms with Gasteiger partial charge in [-0.3, -0.25) is 9.59 Å². The molecule has 4 rings (SSSR count). The van der Waals surface area contributed by atoms with Crippen LogP contribution in [-0.2, 0) is 16.0 Å². The highest BCUT2D eigenvalue weighted by atomic mass is 32.1. The van der Waals surface area contributed by atoms with Gasteiger partial charge < -0.3 is 19.5 Å². The Morgan fingerprint density at radius 2 is 2.23 bits per heavy atom. The quantitative estimate of drug-likeness (QED) is 0.565. The molecule has 8 nitrogen and oxygen atoms in total. The number of nitrogens with one attached hydrogen (secondary N) is 1. The number of methoxy groups -OCH3 is 1. The number of amides is 2. The fraction of sp³-hybridized carbons (Fsp3) is 0.455. The smallest absolute Gasteiger partial charge is 0.261 e. The van der Waals surface area contributed by atoms with Crippen LogP contribution in [0.2, 0.25) is 0 Å². The minimum absolute atomic E-state index is 0.0562. The molecule has 0 radical (unpaired) electrons. The summed E-state index contributed by atoms with van der Waals surface area (Å²) in [6.45, 7) is 5.83. The maximum absolute atomic E-state index is 12.9. The highest BCUT2D eigenvalue weighted by Gasteiger charge is 2.33. The lowest BCUT2D eigenvalue weighted by atomic mass is 9.95. The van der Waals surface area contributed by atoms with Crippen LogP contribution in [0.15, 0.2) is 22.9 Å². The number of pyridine rings is 1. The molecule has 164 valence electrons. The second-order valence-corrected chi connectivity index (χ2v) is 8.75. The fourth-order valence-electron chi connectivity index (χ4n) is 4.11. The third-order valence-electron chi connectivity index (χ3n) is 5.76. The third-order valence-corrected chi connectivity index (χ3v) is 6.89. The SMILES string of the molecule is COCCNC(=O)c1sc2ncccc2c1[C@@H]1CCN(C(=O)Cc2c(C)noc2C)C1. The number of carbonyl (C=O) groups is 2. The van der Waals surface area contributed by atoms with Crippen LogP contribution in [0.25, 0.3) is 10.2 Å². The molecule has 1 aliphatic rings. The molecular weight excluding hydrogens is 416 g/mol. The molecule has 1 saturated heterocycles. The summed E-state index contributed by atoms with van der Waals surface area (Å²) in [5.41, 5.74) is 2.61. The molecule has 3 aromatic rings. The van der Waals surface area contributed by atoms with Gasteiger partial charge >= 0.3 is 0 Å². The minimum Gasteiger partial charge on any atom is -0.383 e. The average molecular weight is 443 g/mol. The summed E-state index contributed by atoms with van der Waals surface area (Å²) < 4.78 is 10.2. The molecule has 1 aliphatic heterocycles. The molecular formula is C22H26N4O4S. The molecule has 1 N–H and O–H groups in total. The van der Waals surface area contributed by atoms with E-state index in [9.17, 15) is 9.59 Å². The van der Waals surface area contributed by atoms with Gasteiger partial charge in [-0.15, -0.1) is 11.3 Å². The molecule has 4 heterocycles. The van der Waals surface area contributed by atoms with Crippen LogP contribution in [0.1, 0.15) is 44.6 Å². The molecule has 0 unspecified atom stereocenters. The first-order valence-corrected chi connectivity index (χ1v) is 11.1. The number of aromatic nitrogens is 2. The lowest BCUT2D eigenvalue weighted by Gasteiger charge is -2.17. The number of hydrogen-bond acceptors (Lipinski definition) is 7. The van der Waals surface area contributed by atoms with Crippen molar-refractivity contribution >= 4 is 33.4 Å². The Morgan fingerprint density at radius 3 is 2.97 bits per heavy atom. The molecule has 1 atom stereocenters. The number of thiophene rings is 1. The van der Waals surface area contributed by atoms with Crippen molar-refractivity contribution in [3.05, 3.63) is 45.8 Å². The van der Waals surface area contributed by atoms with Gasteiger partial charge in [0.25, 0.3) is 5.91 Å². The van der Waals surface area contributed by atoms with Gasteiger partial charge in [-0.25, -0.2) is 4.98 Å². The summed E-state index contributed by atoms with van der Waals surface area (Å²) in [6, 6.07) is 3.90. The monoisotopic (exact) mass is 442 g/mol. The highest BCUT2D eigenvalue weighted by molar-refractivity contribution is 7.20. The van der Waals surface area contributed by atoms with Crippen LogP contribution in [0.3, 0.4) is 0 Å². The van der Waals surface area contributed by atoms with Crippen LogP contribution in [0.4, 0.5) is 0 Å². The molecule has 0 bridgehead atoms. The molecule has 9 heteroatoms. The summed E-state index contributed by atoms with van der Waals surface area (Å²) in [4.78, 5) is 33.7. The topological polar surface area (TPSA) is 97.6 Å². The number of aryl methyl sites for hydroxylation is 2. The zero-order valence-electron chi connectivity index (χ0n) is 17.9. The molecule has 0 saturated carbocycles. The van der Waals surface area contributed by atoms with E-state index in [0.29, 0.717) is 36.9 Å². The van der Waals surface area contributed by atoms with E-state index in [-0.39, 0.29) is 24.2 Å². The minimum atomic E-state index is -0.115. The van der Waals surface area contributed by atoms with Crippen molar-refractivity contribution in [1.29, 1.82) is 0 Å². The normalized spacial score (nSPS) is 16.2. The van der Waals surface area contributed by atoms with Crippen molar-refractivity contribution in [1.82, 2.24) is 20.4 Å². The van der Waals surface area contributed by atoms with E-state index in [2.05, 4.69) is 15.5 Å². The van der Waals surface area contributed by atoms with Gasteiger partial charge in [0, 0.05) is 49.8 Å². The van der Waals surface area contributed by atoms with Crippen LogP contribution >= 0.6 is 11.3 Å². The van der Waals surface area contributed by atoms with Gasteiger partial charge in [0.05, 0.1) is 23.6 Å². The Morgan fingerprint density at radius 1 is 1.39 bits per heavy atom. The van der Waals surface area contributed by atoms with E-state index in [0.717, 1.165) is 33.5 Å². The van der Waals surface area contributed by atoms with Crippen LogP contribution in [0, 0.1) is 13.8 Å². The van der Waals surface area contributed by atoms with Crippen molar-refractivity contribution in [3.63, 3.8) is 0 Å². The Kier molecular flexibility index (Phi) is 6.33.